The van der Waals surface area contributed by atoms with Crippen LogP contribution in [-0.2, 0) is 11.2 Å². The number of aromatic nitrogens is 2. The van der Waals surface area contributed by atoms with E-state index >= 15 is 0 Å². The molecule has 0 radical (unpaired) electrons. The maximum absolute atomic E-state index is 11.9. The van der Waals surface area contributed by atoms with Crippen molar-refractivity contribution < 1.29 is 9.53 Å². The third kappa shape index (κ3) is 3.60. The van der Waals surface area contributed by atoms with Crippen molar-refractivity contribution in [3.8, 4) is 5.75 Å². The lowest BCUT2D eigenvalue weighted by Gasteiger charge is -2.09. The van der Waals surface area contributed by atoms with Crippen LogP contribution in [-0.4, -0.2) is 22.7 Å². The first-order valence-electron chi connectivity index (χ1n) is 6.71. The first-order valence-corrected chi connectivity index (χ1v) is 6.71. The van der Waals surface area contributed by atoms with Gasteiger partial charge in [-0.05, 0) is 31.9 Å². The van der Waals surface area contributed by atoms with Crippen LogP contribution >= 0.6 is 0 Å². The van der Waals surface area contributed by atoms with Gasteiger partial charge in [-0.1, -0.05) is 18.2 Å². The monoisotopic (exact) mass is 273 g/mol. The van der Waals surface area contributed by atoms with Crippen LogP contribution < -0.4 is 10.1 Å². The zero-order chi connectivity index (χ0) is 14.4. The summed E-state index contributed by atoms with van der Waals surface area (Å²) in [6, 6.07) is 7.80. The van der Waals surface area contributed by atoms with Crippen LogP contribution in [0.5, 0.6) is 5.75 Å². The normalized spacial score (nSPS) is 10.3. The Bertz CT molecular complexity index is 578. The summed E-state index contributed by atoms with van der Waals surface area (Å²) in [5, 5.41) is 9.45. The van der Waals surface area contributed by atoms with E-state index in [1.165, 1.54) is 0 Å². The molecule has 0 atom stereocenters. The predicted octanol–water partition coefficient (Wildman–Crippen LogP) is 2.69. The maximum Gasteiger partial charge on any atom is 0.225 e. The minimum absolute atomic E-state index is 0.0383. The fraction of sp³-hybridized carbons (Fsp3) is 0.333. The number of anilines is 1. The average molecular weight is 273 g/mol. The third-order valence-corrected chi connectivity index (χ3v) is 2.99. The van der Waals surface area contributed by atoms with Gasteiger partial charge < -0.3 is 10.1 Å². The lowest BCUT2D eigenvalue weighted by Crippen LogP contribution is -2.13. The van der Waals surface area contributed by atoms with Gasteiger partial charge >= 0.3 is 0 Å². The summed E-state index contributed by atoms with van der Waals surface area (Å²) in [4.78, 5) is 11.9. The number of ether oxygens (including phenoxy) is 1. The summed E-state index contributed by atoms with van der Waals surface area (Å²) < 4.78 is 5.55. The van der Waals surface area contributed by atoms with Gasteiger partial charge in [-0.25, -0.2) is 0 Å². The largest absolute Gasteiger partial charge is 0.494 e. The van der Waals surface area contributed by atoms with Gasteiger partial charge in [0.25, 0.3) is 0 Å². The lowest BCUT2D eigenvalue weighted by atomic mass is 10.1. The van der Waals surface area contributed by atoms with Crippen molar-refractivity contribution >= 4 is 11.7 Å². The van der Waals surface area contributed by atoms with Gasteiger partial charge in [-0.3, -0.25) is 9.89 Å². The van der Waals surface area contributed by atoms with Crippen molar-refractivity contribution in [3.63, 3.8) is 0 Å². The molecule has 1 aromatic carbocycles. The Hall–Kier alpha value is -2.30. The van der Waals surface area contributed by atoms with Gasteiger partial charge in [0.05, 0.1) is 12.8 Å². The number of hydrogen-bond donors (Lipinski definition) is 2. The molecule has 106 valence electrons. The van der Waals surface area contributed by atoms with Gasteiger partial charge in [0.1, 0.15) is 11.6 Å². The molecule has 0 fully saturated rings. The molecular formula is C15H19N3O2. The van der Waals surface area contributed by atoms with Crippen molar-refractivity contribution in [1.29, 1.82) is 0 Å². The van der Waals surface area contributed by atoms with Crippen molar-refractivity contribution in [2.75, 3.05) is 11.9 Å². The highest BCUT2D eigenvalue weighted by Crippen LogP contribution is 2.19. The number of nitrogens with zero attached hydrogens (tertiary/aromatic N) is 1. The summed E-state index contributed by atoms with van der Waals surface area (Å²) in [6.07, 6.45) is 2.73. The predicted molar refractivity (Wildman–Crippen MR) is 77.9 cm³/mol. The Morgan fingerprint density at radius 2 is 2.20 bits per heavy atom. The van der Waals surface area contributed by atoms with Crippen LogP contribution in [0.15, 0.2) is 30.5 Å². The molecule has 1 amide bonds. The Morgan fingerprint density at radius 1 is 1.40 bits per heavy atom. The number of amides is 1. The van der Waals surface area contributed by atoms with Crippen LogP contribution in [0.3, 0.4) is 0 Å². The van der Waals surface area contributed by atoms with E-state index in [2.05, 4.69) is 15.5 Å². The Labute approximate surface area is 118 Å². The highest BCUT2D eigenvalue weighted by molar-refractivity contribution is 5.90. The van der Waals surface area contributed by atoms with E-state index in [1.807, 2.05) is 38.1 Å². The molecule has 0 bridgehead atoms. The van der Waals surface area contributed by atoms with E-state index in [-0.39, 0.29) is 5.91 Å². The van der Waals surface area contributed by atoms with Gasteiger partial charge in [-0.2, -0.15) is 5.10 Å². The van der Waals surface area contributed by atoms with Crippen LogP contribution in [0.4, 0.5) is 5.82 Å². The number of aromatic amines is 1. The van der Waals surface area contributed by atoms with Crippen molar-refractivity contribution in [3.05, 3.63) is 41.6 Å². The zero-order valence-electron chi connectivity index (χ0n) is 11.8. The van der Waals surface area contributed by atoms with E-state index in [4.69, 9.17) is 4.74 Å². The number of carbonyl (C=O) groups is 1. The molecule has 2 N–H and O–H groups in total. The van der Waals surface area contributed by atoms with Crippen LogP contribution in [0, 0.1) is 6.92 Å². The molecule has 0 aliphatic rings. The van der Waals surface area contributed by atoms with Gasteiger partial charge in [0, 0.05) is 12.0 Å². The molecule has 0 aliphatic carbocycles. The molecule has 5 heteroatoms. The summed E-state index contributed by atoms with van der Waals surface area (Å²) in [6.45, 7) is 4.46. The van der Waals surface area contributed by atoms with E-state index < -0.39 is 0 Å². The molecule has 20 heavy (non-hydrogen) atoms. The molecule has 1 heterocycles. The number of nitrogens with one attached hydrogen (secondary N) is 2. The van der Waals surface area contributed by atoms with Crippen molar-refractivity contribution in [2.24, 2.45) is 0 Å². The van der Waals surface area contributed by atoms with Crippen LogP contribution in [0.1, 0.15) is 24.5 Å². The number of H-pyrrole nitrogens is 1. The molecular weight excluding hydrogens is 254 g/mol. The van der Waals surface area contributed by atoms with Crippen LogP contribution in [0.25, 0.3) is 0 Å². The minimum Gasteiger partial charge on any atom is -0.494 e. The summed E-state index contributed by atoms with van der Waals surface area (Å²) in [5.74, 6) is 1.47. The number of carbonyl (C=O) groups excluding carboxylic acids is 1. The molecule has 0 unspecified atom stereocenters. The van der Waals surface area contributed by atoms with E-state index in [0.717, 1.165) is 16.9 Å². The molecule has 1 aromatic heterocycles. The van der Waals surface area contributed by atoms with E-state index in [0.29, 0.717) is 25.3 Å². The molecule has 5 nitrogen and oxygen atoms in total. The fourth-order valence-electron chi connectivity index (χ4n) is 1.93. The number of para-hydroxylation sites is 1. The van der Waals surface area contributed by atoms with Crippen molar-refractivity contribution in [2.45, 2.75) is 26.7 Å². The standard InChI is InChI=1S/C15H19N3O2/c1-3-20-13-7-5-4-6-12(13)8-9-14(19)17-15-11(2)10-16-18-15/h4-7,10H,3,8-9H2,1-2H3,(H2,16,17,18,19). The molecule has 2 aromatic rings. The lowest BCUT2D eigenvalue weighted by molar-refractivity contribution is -0.116. The second-order valence-corrected chi connectivity index (χ2v) is 4.52. The number of aryl methyl sites for hydroxylation is 2. The number of hydrogen-bond acceptors (Lipinski definition) is 3. The average Bonchev–Trinajstić information content (AvgIpc) is 2.84. The Kier molecular flexibility index (Phi) is 4.76. The van der Waals surface area contributed by atoms with Crippen LogP contribution in [0.2, 0.25) is 0 Å². The van der Waals surface area contributed by atoms with E-state index in [1.54, 1.807) is 6.20 Å². The highest BCUT2D eigenvalue weighted by Gasteiger charge is 2.08. The molecule has 0 saturated heterocycles. The third-order valence-electron chi connectivity index (χ3n) is 2.99. The Balaban J connectivity index is 1.92. The zero-order valence-corrected chi connectivity index (χ0v) is 11.8. The number of rotatable bonds is 6. The molecule has 2 rings (SSSR count). The molecule has 0 aliphatic heterocycles. The summed E-state index contributed by atoms with van der Waals surface area (Å²) >= 11 is 0. The quantitative estimate of drug-likeness (QED) is 0.850. The maximum atomic E-state index is 11.9. The summed E-state index contributed by atoms with van der Waals surface area (Å²) in [5.41, 5.74) is 1.97. The van der Waals surface area contributed by atoms with E-state index in [9.17, 15) is 4.79 Å². The minimum atomic E-state index is -0.0383. The second-order valence-electron chi connectivity index (χ2n) is 4.52. The topological polar surface area (TPSA) is 67.0 Å². The van der Waals surface area contributed by atoms with Gasteiger partial charge in [0.15, 0.2) is 0 Å². The first kappa shape index (κ1) is 14.1. The van der Waals surface area contributed by atoms with Gasteiger partial charge in [0.2, 0.25) is 5.91 Å². The SMILES string of the molecule is CCOc1ccccc1CCC(=O)Nc1[nH]ncc1C. The smallest absolute Gasteiger partial charge is 0.225 e. The molecule has 0 saturated carbocycles. The van der Waals surface area contributed by atoms with Crippen molar-refractivity contribution in [1.82, 2.24) is 10.2 Å². The second kappa shape index (κ2) is 6.75. The molecule has 0 spiro atoms. The first-order chi connectivity index (χ1) is 9.70. The summed E-state index contributed by atoms with van der Waals surface area (Å²) in [7, 11) is 0. The number of benzene rings is 1. The highest BCUT2D eigenvalue weighted by atomic mass is 16.5. The fourth-order valence-corrected chi connectivity index (χ4v) is 1.93. The Morgan fingerprint density at radius 3 is 2.90 bits per heavy atom. The van der Waals surface area contributed by atoms with Gasteiger partial charge in [-0.15, -0.1) is 0 Å².